The van der Waals surface area contributed by atoms with Gasteiger partial charge in [-0.2, -0.15) is 9.97 Å². The monoisotopic (exact) mass is 542 g/mol. The van der Waals surface area contributed by atoms with E-state index in [1.54, 1.807) is 30.3 Å². The number of halogens is 2. The largest absolute Gasteiger partial charge is 0.378 e. The van der Waals surface area contributed by atoms with Gasteiger partial charge in [0.05, 0.1) is 30.8 Å². The van der Waals surface area contributed by atoms with Crippen LogP contribution in [0.3, 0.4) is 0 Å². The Hall–Kier alpha value is -3.38. The molecule has 0 atom stereocenters. The van der Waals surface area contributed by atoms with Crippen LogP contribution in [0.1, 0.15) is 37.9 Å². The smallest absolute Gasteiger partial charge is 0.296 e. The first kappa shape index (κ1) is 27.2. The topological polar surface area (TPSA) is 100 Å². The highest BCUT2D eigenvalue weighted by atomic mass is 19.3. The van der Waals surface area contributed by atoms with Gasteiger partial charge in [0.15, 0.2) is 5.82 Å². The van der Waals surface area contributed by atoms with Gasteiger partial charge in [-0.15, -0.1) is 0 Å². The summed E-state index contributed by atoms with van der Waals surface area (Å²) < 4.78 is 35.1. The number of anilines is 2. The number of hydrogen-bond donors (Lipinski definition) is 2. The third kappa shape index (κ3) is 6.62. The van der Waals surface area contributed by atoms with E-state index in [0.717, 1.165) is 25.7 Å². The molecule has 210 valence electrons. The van der Waals surface area contributed by atoms with Gasteiger partial charge < -0.3 is 25.2 Å². The van der Waals surface area contributed by atoms with Crippen molar-refractivity contribution in [1.82, 2.24) is 29.7 Å². The Labute approximate surface area is 226 Å². The highest BCUT2D eigenvalue weighted by Crippen LogP contribution is 2.30. The molecule has 1 aliphatic carbocycles. The zero-order valence-corrected chi connectivity index (χ0v) is 22.4. The molecule has 3 heterocycles. The number of amides is 1. The maximum atomic E-state index is 14.1. The summed E-state index contributed by atoms with van der Waals surface area (Å²) in [6.07, 6.45) is 1.02. The number of nitrogens with zero attached hydrogens (tertiary/aromatic N) is 6. The molecule has 0 spiro atoms. The van der Waals surface area contributed by atoms with Gasteiger partial charge in [-0.1, -0.05) is 12.1 Å². The molecule has 1 saturated heterocycles. The average molecular weight is 543 g/mol. The average Bonchev–Trinajstić information content (AvgIpc) is 3.33. The molecule has 12 heteroatoms. The van der Waals surface area contributed by atoms with Crippen molar-refractivity contribution in [3.63, 3.8) is 0 Å². The molecule has 5 rings (SSSR count). The fourth-order valence-corrected chi connectivity index (χ4v) is 5.31. The molecule has 2 aromatic heterocycles. The maximum Gasteiger partial charge on any atom is 0.296 e. The predicted octanol–water partition coefficient (Wildman–Crippen LogP) is 3.24. The number of hydrogen-bond acceptors (Lipinski definition) is 8. The molecule has 39 heavy (non-hydrogen) atoms. The highest BCUT2D eigenvalue weighted by molar-refractivity contribution is 5.79. The van der Waals surface area contributed by atoms with E-state index in [4.69, 9.17) is 9.72 Å². The number of morpholine rings is 1. The number of rotatable bonds is 9. The van der Waals surface area contributed by atoms with Crippen LogP contribution in [0.25, 0.3) is 16.9 Å². The van der Waals surface area contributed by atoms with Crippen molar-refractivity contribution < 1.29 is 18.3 Å². The highest BCUT2D eigenvalue weighted by Gasteiger charge is 2.25. The number of likely N-dealkylation sites (N-methyl/N-ethyl adjacent to an activating group) is 1. The second-order valence-electron chi connectivity index (χ2n) is 10.5. The Morgan fingerprint density at radius 2 is 1.79 bits per heavy atom. The van der Waals surface area contributed by atoms with Gasteiger partial charge in [-0.3, -0.25) is 9.36 Å². The van der Waals surface area contributed by atoms with E-state index in [2.05, 4.69) is 25.5 Å². The number of aromatic nitrogens is 4. The lowest BCUT2D eigenvalue weighted by atomic mass is 9.86. The number of fused-ring (bicyclic) bond motifs is 1. The molecule has 10 nitrogen and oxygen atoms in total. The Kier molecular flexibility index (Phi) is 8.51. The lowest BCUT2D eigenvalue weighted by molar-refractivity contribution is -0.122. The number of carbonyl (C=O) groups is 1. The summed E-state index contributed by atoms with van der Waals surface area (Å²) in [5.74, 6) is 1.52. The molecule has 0 radical (unpaired) electrons. The zero-order chi connectivity index (χ0) is 27.4. The summed E-state index contributed by atoms with van der Waals surface area (Å²) in [6, 6.07) is 9.02. The van der Waals surface area contributed by atoms with Gasteiger partial charge in [0, 0.05) is 31.7 Å². The molecule has 1 aliphatic heterocycles. The van der Waals surface area contributed by atoms with Crippen molar-refractivity contribution in [3.8, 4) is 5.82 Å². The number of carbonyl (C=O) groups excluding carboxylic acids is 1. The zero-order valence-electron chi connectivity index (χ0n) is 22.4. The van der Waals surface area contributed by atoms with Crippen LogP contribution in [-0.2, 0) is 9.53 Å². The first-order valence-corrected chi connectivity index (χ1v) is 13.5. The van der Waals surface area contributed by atoms with Crippen LogP contribution in [0.15, 0.2) is 30.3 Å². The van der Waals surface area contributed by atoms with Gasteiger partial charge in [-0.25, -0.2) is 13.8 Å². The minimum absolute atomic E-state index is 0.0534. The third-order valence-electron chi connectivity index (χ3n) is 7.27. The van der Waals surface area contributed by atoms with Gasteiger partial charge in [-0.05, 0) is 57.8 Å². The molecule has 1 aromatic carbocycles. The van der Waals surface area contributed by atoms with E-state index in [0.29, 0.717) is 73.9 Å². The summed E-state index contributed by atoms with van der Waals surface area (Å²) in [6.45, 7) is 3.52. The fourth-order valence-electron chi connectivity index (χ4n) is 5.31. The molecule has 3 aromatic rings. The number of nitrogens with one attached hydrogen (secondary N) is 2. The van der Waals surface area contributed by atoms with E-state index < -0.39 is 6.43 Å². The number of alkyl halides is 2. The standard InChI is InChI=1S/C27H36F2N8O2/c1-35(2)17-24(38)31-19-9-7-18(8-10-19)16-30-27-33-22(36-11-13-39-14-12-36)15-23(34-27)37-21-6-4-3-5-20(21)32-26(37)25(28)29/h3-6,15,18-19,25H,7-14,16-17H2,1-2H3,(H,31,38)(H,30,33,34). The SMILES string of the molecule is CN(C)CC(=O)NC1CCC(CNc2nc(N3CCOCC3)cc(-n3c(C(F)F)nc4ccccc43)n2)CC1. The second-order valence-corrected chi connectivity index (χ2v) is 10.5. The molecule has 2 fully saturated rings. The van der Waals surface area contributed by atoms with Gasteiger partial charge in [0.1, 0.15) is 11.6 Å². The van der Waals surface area contributed by atoms with E-state index in [-0.39, 0.29) is 17.8 Å². The van der Waals surface area contributed by atoms with Crippen LogP contribution in [0.2, 0.25) is 0 Å². The summed E-state index contributed by atoms with van der Waals surface area (Å²) in [4.78, 5) is 29.7. The van der Waals surface area contributed by atoms with E-state index in [1.165, 1.54) is 4.57 Å². The summed E-state index contributed by atoms with van der Waals surface area (Å²) in [7, 11) is 3.76. The third-order valence-corrected chi connectivity index (χ3v) is 7.27. The summed E-state index contributed by atoms with van der Waals surface area (Å²) in [5, 5.41) is 6.51. The van der Waals surface area contributed by atoms with Crippen molar-refractivity contribution >= 4 is 28.7 Å². The summed E-state index contributed by atoms with van der Waals surface area (Å²) in [5.41, 5.74) is 1.06. The molecule has 2 N–H and O–H groups in total. The summed E-state index contributed by atoms with van der Waals surface area (Å²) >= 11 is 0. The van der Waals surface area contributed by atoms with Gasteiger partial charge in [0.2, 0.25) is 11.9 Å². The van der Waals surface area contributed by atoms with Crippen LogP contribution in [0.4, 0.5) is 20.5 Å². The van der Waals surface area contributed by atoms with Crippen molar-refractivity contribution in [1.29, 1.82) is 0 Å². The van der Waals surface area contributed by atoms with E-state index in [9.17, 15) is 13.6 Å². The number of imidazole rings is 1. The van der Waals surface area contributed by atoms with Crippen molar-refractivity contribution in [2.75, 3.05) is 63.7 Å². The van der Waals surface area contributed by atoms with Gasteiger partial charge >= 0.3 is 0 Å². The maximum absolute atomic E-state index is 14.1. The molecule has 0 unspecified atom stereocenters. The minimum atomic E-state index is -2.76. The molecule has 0 bridgehead atoms. The number of para-hydroxylation sites is 2. The lowest BCUT2D eigenvalue weighted by Gasteiger charge is -2.30. The Morgan fingerprint density at radius 3 is 2.51 bits per heavy atom. The molecule has 1 saturated carbocycles. The number of benzene rings is 1. The molecule has 1 amide bonds. The second kappa shape index (κ2) is 12.2. The van der Waals surface area contributed by atoms with Crippen LogP contribution in [0, 0.1) is 5.92 Å². The van der Waals surface area contributed by atoms with Crippen LogP contribution in [-0.4, -0.2) is 89.9 Å². The van der Waals surface area contributed by atoms with Crippen LogP contribution < -0.4 is 15.5 Å². The van der Waals surface area contributed by atoms with Crippen molar-refractivity contribution in [2.45, 2.75) is 38.2 Å². The molecular weight excluding hydrogens is 506 g/mol. The Bertz CT molecular complexity index is 1270. The minimum Gasteiger partial charge on any atom is -0.378 e. The molecular formula is C27H36F2N8O2. The van der Waals surface area contributed by atoms with E-state index >= 15 is 0 Å². The van der Waals surface area contributed by atoms with Crippen LogP contribution in [0.5, 0.6) is 0 Å². The fraction of sp³-hybridized carbons (Fsp3) is 0.556. The normalized spacial score (nSPS) is 20.1. The first-order valence-electron chi connectivity index (χ1n) is 13.5. The lowest BCUT2D eigenvalue weighted by Crippen LogP contribution is -2.42. The van der Waals surface area contributed by atoms with Crippen molar-refractivity contribution in [3.05, 3.63) is 36.2 Å². The quantitative estimate of drug-likeness (QED) is 0.425. The Morgan fingerprint density at radius 1 is 1.08 bits per heavy atom. The Balaban J connectivity index is 1.34. The van der Waals surface area contributed by atoms with Crippen molar-refractivity contribution in [2.24, 2.45) is 5.92 Å². The molecule has 2 aliphatic rings. The predicted molar refractivity (Wildman–Crippen MR) is 146 cm³/mol. The van der Waals surface area contributed by atoms with Gasteiger partial charge in [0.25, 0.3) is 6.43 Å². The van der Waals surface area contributed by atoms with Crippen LogP contribution >= 0.6 is 0 Å². The first-order chi connectivity index (χ1) is 18.9. The van der Waals surface area contributed by atoms with E-state index in [1.807, 2.05) is 19.0 Å². The number of ether oxygens (including phenoxy) is 1.